The summed E-state index contributed by atoms with van der Waals surface area (Å²) in [6.45, 7) is 0. The summed E-state index contributed by atoms with van der Waals surface area (Å²) in [6.07, 6.45) is -6.23. The van der Waals surface area contributed by atoms with Crippen LogP contribution < -0.4 is 0 Å². The molecule has 19 heavy (non-hydrogen) atoms. The van der Waals surface area contributed by atoms with Gasteiger partial charge in [0.05, 0.1) is 12.1 Å². The monoisotopic (exact) mass is 286 g/mol. The predicted octanol–water partition coefficient (Wildman–Crippen LogP) is 4.26. The Hall–Kier alpha value is -1.72. The van der Waals surface area contributed by atoms with E-state index in [2.05, 4.69) is 0 Å². The van der Waals surface area contributed by atoms with Crippen LogP contribution in [0.15, 0.2) is 24.3 Å². The number of alkyl halides is 3. The average molecular weight is 287 g/mol. The average Bonchev–Trinajstić information content (AvgIpc) is 2.36. The Balaban J connectivity index is 2.93. The first-order valence-corrected chi connectivity index (χ1v) is 5.82. The predicted molar refractivity (Wildman–Crippen MR) is 64.1 cm³/mol. The lowest BCUT2D eigenvalue weighted by molar-refractivity contribution is -0.138. The summed E-state index contributed by atoms with van der Waals surface area (Å²) in [7, 11) is 0. The first kappa shape index (κ1) is 15.3. The van der Waals surface area contributed by atoms with Crippen molar-refractivity contribution in [2.24, 2.45) is 5.41 Å². The molecule has 2 nitrogen and oxygen atoms in total. The number of hydrogen-bond donors (Lipinski definition) is 0. The summed E-state index contributed by atoms with van der Waals surface area (Å²) in [5.74, 6) is 0. The molecule has 0 amide bonds. The third kappa shape index (κ3) is 4.46. The van der Waals surface area contributed by atoms with Crippen molar-refractivity contribution in [2.45, 2.75) is 25.4 Å². The van der Waals surface area contributed by atoms with Crippen molar-refractivity contribution >= 4 is 11.6 Å². The smallest absolute Gasteiger partial charge is 0.197 e. The highest BCUT2D eigenvalue weighted by atomic mass is 35.5. The van der Waals surface area contributed by atoms with Crippen molar-refractivity contribution in [3.05, 3.63) is 34.9 Å². The third-order valence-electron chi connectivity index (χ3n) is 2.71. The number of hydrogen-bond acceptors (Lipinski definition) is 2. The zero-order valence-electron chi connectivity index (χ0n) is 9.84. The van der Waals surface area contributed by atoms with E-state index in [0.29, 0.717) is 10.6 Å². The molecule has 0 N–H and O–H groups in total. The van der Waals surface area contributed by atoms with Gasteiger partial charge in [0.1, 0.15) is 5.41 Å². The van der Waals surface area contributed by atoms with Gasteiger partial charge in [-0.1, -0.05) is 29.8 Å². The van der Waals surface area contributed by atoms with E-state index in [1.54, 1.807) is 36.4 Å². The van der Waals surface area contributed by atoms with Crippen LogP contribution in [0, 0.1) is 28.1 Å². The van der Waals surface area contributed by atoms with Crippen LogP contribution in [0.2, 0.25) is 5.02 Å². The van der Waals surface area contributed by atoms with Gasteiger partial charge in [0.25, 0.3) is 0 Å². The highest BCUT2D eigenvalue weighted by molar-refractivity contribution is 6.31. The van der Waals surface area contributed by atoms with Crippen molar-refractivity contribution in [3.63, 3.8) is 0 Å². The molecule has 100 valence electrons. The van der Waals surface area contributed by atoms with Gasteiger partial charge >= 0.3 is 6.18 Å². The van der Waals surface area contributed by atoms with Crippen molar-refractivity contribution in [3.8, 4) is 12.1 Å². The van der Waals surface area contributed by atoms with Crippen molar-refractivity contribution in [2.75, 3.05) is 0 Å². The van der Waals surface area contributed by atoms with Crippen LogP contribution in [-0.2, 0) is 6.42 Å². The number of benzene rings is 1. The van der Waals surface area contributed by atoms with Gasteiger partial charge in [-0.05, 0) is 18.1 Å². The fraction of sp³-hybridized carbons (Fsp3) is 0.385. The number of rotatable bonds is 4. The van der Waals surface area contributed by atoms with Gasteiger partial charge in [-0.3, -0.25) is 0 Å². The van der Waals surface area contributed by atoms with Crippen LogP contribution in [0.25, 0.3) is 0 Å². The molecule has 0 aliphatic rings. The summed E-state index contributed by atoms with van der Waals surface area (Å²) >= 11 is 5.89. The Labute approximate surface area is 114 Å². The van der Waals surface area contributed by atoms with E-state index in [9.17, 15) is 13.2 Å². The molecule has 0 aliphatic carbocycles. The minimum atomic E-state index is -4.39. The van der Waals surface area contributed by atoms with Crippen molar-refractivity contribution < 1.29 is 13.2 Å². The standard InChI is InChI=1S/C13H10ClF3N2/c14-11-4-2-1-3-10(11)7-12(8-18,9-19)5-6-13(15,16)17/h1-4H,5-7H2. The van der Waals surface area contributed by atoms with E-state index in [-0.39, 0.29) is 6.42 Å². The second-order valence-corrected chi connectivity index (χ2v) is 4.60. The van der Waals surface area contributed by atoms with Gasteiger partial charge in [-0.2, -0.15) is 23.7 Å². The van der Waals surface area contributed by atoms with Gasteiger partial charge in [0, 0.05) is 17.9 Å². The van der Waals surface area contributed by atoms with Crippen LogP contribution in [0.3, 0.4) is 0 Å². The number of nitrogens with zero attached hydrogens (tertiary/aromatic N) is 2. The van der Waals surface area contributed by atoms with Gasteiger partial charge in [-0.25, -0.2) is 0 Å². The maximum atomic E-state index is 12.2. The Morgan fingerprint density at radius 1 is 1.05 bits per heavy atom. The summed E-state index contributed by atoms with van der Waals surface area (Å²) in [5, 5.41) is 18.4. The minimum absolute atomic E-state index is 0.115. The molecule has 1 rings (SSSR count). The second-order valence-electron chi connectivity index (χ2n) is 4.19. The van der Waals surface area contributed by atoms with E-state index in [4.69, 9.17) is 22.1 Å². The maximum absolute atomic E-state index is 12.2. The van der Waals surface area contributed by atoms with Gasteiger partial charge in [-0.15, -0.1) is 0 Å². The highest BCUT2D eigenvalue weighted by Gasteiger charge is 2.37. The molecule has 1 aromatic carbocycles. The van der Waals surface area contributed by atoms with Gasteiger partial charge < -0.3 is 0 Å². The molecule has 0 aromatic heterocycles. The normalized spacial score (nSPS) is 11.7. The Kier molecular flexibility index (Phi) is 4.80. The topological polar surface area (TPSA) is 47.6 Å². The van der Waals surface area contributed by atoms with Crippen LogP contribution in [0.5, 0.6) is 0 Å². The Bertz CT molecular complexity index is 512. The van der Waals surface area contributed by atoms with Crippen molar-refractivity contribution in [1.82, 2.24) is 0 Å². The SMILES string of the molecule is N#CC(C#N)(CCC(F)(F)F)Cc1ccccc1Cl. The highest BCUT2D eigenvalue weighted by Crippen LogP contribution is 2.34. The number of nitriles is 2. The van der Waals surface area contributed by atoms with Crippen LogP contribution in [0.1, 0.15) is 18.4 Å². The quantitative estimate of drug-likeness (QED) is 0.830. The van der Waals surface area contributed by atoms with E-state index >= 15 is 0 Å². The molecule has 0 bridgehead atoms. The van der Waals surface area contributed by atoms with Gasteiger partial charge in [0.2, 0.25) is 0 Å². The van der Waals surface area contributed by atoms with E-state index in [1.807, 2.05) is 0 Å². The molecular weight excluding hydrogens is 277 g/mol. The van der Waals surface area contributed by atoms with Gasteiger partial charge in [0.15, 0.2) is 0 Å². The fourth-order valence-electron chi connectivity index (χ4n) is 1.63. The molecule has 1 aromatic rings. The van der Waals surface area contributed by atoms with Crippen LogP contribution in [-0.4, -0.2) is 6.18 Å². The molecule has 6 heteroatoms. The largest absolute Gasteiger partial charge is 0.389 e. The maximum Gasteiger partial charge on any atom is 0.389 e. The molecule has 0 atom stereocenters. The zero-order valence-corrected chi connectivity index (χ0v) is 10.6. The Morgan fingerprint density at radius 3 is 2.11 bits per heavy atom. The molecule has 0 fully saturated rings. The molecule has 0 heterocycles. The molecule has 0 radical (unpaired) electrons. The van der Waals surface area contributed by atoms with E-state index in [0.717, 1.165) is 0 Å². The first-order valence-electron chi connectivity index (χ1n) is 5.44. The molecule has 0 aliphatic heterocycles. The first-order chi connectivity index (χ1) is 8.82. The van der Waals surface area contributed by atoms with Crippen molar-refractivity contribution in [1.29, 1.82) is 10.5 Å². The molecule has 0 spiro atoms. The lowest BCUT2D eigenvalue weighted by Gasteiger charge is -2.20. The molecular formula is C13H10ClF3N2. The van der Waals surface area contributed by atoms with E-state index < -0.39 is 24.4 Å². The molecule has 0 saturated carbocycles. The van der Waals surface area contributed by atoms with Crippen LogP contribution >= 0.6 is 11.6 Å². The minimum Gasteiger partial charge on any atom is -0.197 e. The summed E-state index contributed by atoms with van der Waals surface area (Å²) < 4.78 is 36.7. The third-order valence-corrected chi connectivity index (χ3v) is 3.08. The lowest BCUT2D eigenvalue weighted by atomic mass is 9.80. The number of halogens is 4. The van der Waals surface area contributed by atoms with E-state index in [1.165, 1.54) is 0 Å². The Morgan fingerprint density at radius 2 is 1.63 bits per heavy atom. The molecule has 0 unspecified atom stereocenters. The second kappa shape index (κ2) is 5.95. The fourth-order valence-corrected chi connectivity index (χ4v) is 1.83. The summed E-state index contributed by atoms with van der Waals surface area (Å²) in [5.41, 5.74) is -1.21. The summed E-state index contributed by atoms with van der Waals surface area (Å²) in [4.78, 5) is 0. The lowest BCUT2D eigenvalue weighted by Crippen LogP contribution is -2.23. The van der Waals surface area contributed by atoms with Crippen LogP contribution in [0.4, 0.5) is 13.2 Å². The molecule has 0 saturated heterocycles. The summed E-state index contributed by atoms with van der Waals surface area (Å²) in [6, 6.07) is 9.88. The zero-order chi connectivity index (χ0) is 14.5.